The first-order valence-corrected chi connectivity index (χ1v) is 5.61. The number of hydrogen-bond donors (Lipinski definition) is 0. The van der Waals surface area contributed by atoms with E-state index in [2.05, 4.69) is 10.6 Å². The summed E-state index contributed by atoms with van der Waals surface area (Å²) in [5.41, 5.74) is 0. The predicted molar refractivity (Wildman–Crippen MR) is 59.9 cm³/mol. The van der Waals surface area contributed by atoms with E-state index in [4.69, 9.17) is 9.68 Å². The molecule has 0 bridgehead atoms. The molecule has 0 saturated heterocycles. The summed E-state index contributed by atoms with van der Waals surface area (Å²) in [4.78, 5) is 31.1. The van der Waals surface area contributed by atoms with Crippen LogP contribution in [0.2, 0.25) is 0 Å². The van der Waals surface area contributed by atoms with Crippen molar-refractivity contribution in [3.63, 3.8) is 0 Å². The van der Waals surface area contributed by atoms with Crippen molar-refractivity contribution in [1.29, 1.82) is 0 Å². The molecule has 1 saturated carbocycles. The van der Waals surface area contributed by atoms with Crippen LogP contribution in [-0.2, 0) is 9.68 Å². The fourth-order valence-corrected chi connectivity index (χ4v) is 2.24. The molecule has 0 aromatic heterocycles. The highest BCUT2D eigenvalue weighted by molar-refractivity contribution is 4.82. The van der Waals surface area contributed by atoms with Gasteiger partial charge in [-0.3, -0.25) is 9.68 Å². The molecule has 0 amide bonds. The first-order valence-electron chi connectivity index (χ1n) is 5.61. The van der Waals surface area contributed by atoms with Crippen LogP contribution in [0.15, 0.2) is 10.6 Å². The van der Waals surface area contributed by atoms with Crippen molar-refractivity contribution in [1.82, 2.24) is 10.3 Å². The monoisotopic (exact) mass is 246 g/mol. The van der Waals surface area contributed by atoms with Crippen LogP contribution in [0.3, 0.4) is 0 Å². The largest absolute Gasteiger partial charge is 0.257 e. The van der Waals surface area contributed by atoms with E-state index < -0.39 is 0 Å². The van der Waals surface area contributed by atoms with Gasteiger partial charge < -0.3 is 0 Å². The Hall–Kier alpha value is -1.28. The van der Waals surface area contributed by atoms with Gasteiger partial charge in [-0.05, 0) is 12.8 Å². The molecule has 17 heavy (non-hydrogen) atoms. The lowest BCUT2D eigenvalue weighted by molar-refractivity contribution is -0.228. The first kappa shape index (κ1) is 13.8. The quantitative estimate of drug-likeness (QED) is 0.403. The lowest BCUT2D eigenvalue weighted by Crippen LogP contribution is -2.47. The van der Waals surface area contributed by atoms with Crippen LogP contribution >= 0.6 is 0 Å². The zero-order valence-electron chi connectivity index (χ0n) is 10.1. The summed E-state index contributed by atoms with van der Waals surface area (Å²) in [6.45, 7) is 0. The van der Waals surface area contributed by atoms with Gasteiger partial charge in [0.15, 0.2) is 0 Å². The molecule has 0 heterocycles. The fraction of sp³-hybridized carbons (Fsp3) is 1.00. The van der Waals surface area contributed by atoms with E-state index in [9.17, 15) is 9.81 Å². The summed E-state index contributed by atoms with van der Waals surface area (Å²) in [6.07, 6.45) is 4.36. The van der Waals surface area contributed by atoms with Crippen LogP contribution in [0.4, 0.5) is 0 Å². The van der Waals surface area contributed by atoms with Crippen LogP contribution in [-0.4, -0.2) is 36.6 Å². The Balaban J connectivity index is 2.84. The average Bonchev–Trinajstić information content (AvgIpc) is 2.59. The topological polar surface area (TPSA) is 83.8 Å². The van der Waals surface area contributed by atoms with Crippen molar-refractivity contribution >= 4 is 0 Å². The molecule has 8 nitrogen and oxygen atoms in total. The third kappa shape index (κ3) is 3.34. The molecule has 2 unspecified atom stereocenters. The number of rotatable bonds is 6. The summed E-state index contributed by atoms with van der Waals surface area (Å²) in [5.74, 6) is 0. The van der Waals surface area contributed by atoms with Crippen LogP contribution in [0.5, 0.6) is 0 Å². The van der Waals surface area contributed by atoms with Crippen molar-refractivity contribution in [3.05, 3.63) is 9.81 Å². The van der Waals surface area contributed by atoms with Crippen LogP contribution < -0.4 is 0 Å². The summed E-state index contributed by atoms with van der Waals surface area (Å²) in [7, 11) is 2.74. The molecule has 0 aliphatic heterocycles. The van der Waals surface area contributed by atoms with E-state index in [1.165, 1.54) is 14.2 Å². The highest BCUT2D eigenvalue weighted by Gasteiger charge is 2.35. The molecule has 1 fully saturated rings. The van der Waals surface area contributed by atoms with Crippen LogP contribution in [0.1, 0.15) is 32.1 Å². The Morgan fingerprint density at radius 1 is 0.882 bits per heavy atom. The van der Waals surface area contributed by atoms with Crippen molar-refractivity contribution in [2.24, 2.45) is 10.6 Å². The summed E-state index contributed by atoms with van der Waals surface area (Å²) < 4.78 is 0. The minimum absolute atomic E-state index is 0.322. The Bertz CT molecular complexity index is 229. The molecule has 1 aliphatic rings. The Labute approximate surface area is 99.6 Å². The number of hydroxylamine groups is 2. The third-order valence-corrected chi connectivity index (χ3v) is 3.05. The maximum absolute atomic E-state index is 10.7. The number of hydrogen-bond acceptors (Lipinski definition) is 6. The highest BCUT2D eigenvalue weighted by atomic mass is 16.7. The molecule has 0 spiro atoms. The predicted octanol–water partition coefficient (Wildman–Crippen LogP) is 1.78. The number of nitrogens with zero attached hydrogens (tertiary/aromatic N) is 4. The van der Waals surface area contributed by atoms with Gasteiger partial charge in [0, 0.05) is 0 Å². The molecule has 2 atom stereocenters. The van der Waals surface area contributed by atoms with E-state index in [0.29, 0.717) is 12.8 Å². The zero-order valence-corrected chi connectivity index (χ0v) is 10.1. The second-order valence-electron chi connectivity index (χ2n) is 3.91. The van der Waals surface area contributed by atoms with Gasteiger partial charge in [0.25, 0.3) is 0 Å². The smallest absolute Gasteiger partial charge is 0.104 e. The molecule has 0 N–H and O–H groups in total. The van der Waals surface area contributed by atoms with Gasteiger partial charge in [0.1, 0.15) is 12.1 Å². The first-order chi connectivity index (χ1) is 8.28. The van der Waals surface area contributed by atoms with Gasteiger partial charge in [0.05, 0.1) is 24.8 Å². The van der Waals surface area contributed by atoms with Gasteiger partial charge in [0.2, 0.25) is 0 Å². The minimum Gasteiger partial charge on any atom is -0.257 e. The highest BCUT2D eigenvalue weighted by Crippen LogP contribution is 2.27. The maximum atomic E-state index is 10.7. The standard InChI is InChI=1S/C9H18N4O4/c1-16-12(10-14)8-6-4-3-5-7-9(8)13(11-15)17-2/h8-9H,3-7H2,1-2H3. The van der Waals surface area contributed by atoms with Crippen LogP contribution in [0.25, 0.3) is 0 Å². The summed E-state index contributed by atoms with van der Waals surface area (Å²) in [6, 6.07) is -0.643. The van der Waals surface area contributed by atoms with Crippen molar-refractivity contribution < 1.29 is 9.68 Å². The van der Waals surface area contributed by atoms with E-state index in [0.717, 1.165) is 29.6 Å². The number of nitroso groups, excluding NO2 is 2. The zero-order chi connectivity index (χ0) is 12.7. The van der Waals surface area contributed by atoms with Gasteiger partial charge in [-0.15, -0.1) is 20.2 Å². The molecule has 0 aromatic rings. The van der Waals surface area contributed by atoms with Gasteiger partial charge >= 0.3 is 0 Å². The SMILES string of the molecule is CON(N=O)C1CCCCCC1N(N=O)OC. The molecular formula is C9H18N4O4. The second-order valence-corrected chi connectivity index (χ2v) is 3.91. The van der Waals surface area contributed by atoms with Gasteiger partial charge in [-0.25, -0.2) is 0 Å². The Morgan fingerprint density at radius 2 is 1.29 bits per heavy atom. The lowest BCUT2D eigenvalue weighted by Gasteiger charge is -2.32. The summed E-state index contributed by atoms with van der Waals surface area (Å²) >= 11 is 0. The Morgan fingerprint density at radius 3 is 1.59 bits per heavy atom. The van der Waals surface area contributed by atoms with Crippen molar-refractivity contribution in [3.8, 4) is 0 Å². The molecule has 1 rings (SSSR count). The van der Waals surface area contributed by atoms with Crippen molar-refractivity contribution in [2.75, 3.05) is 14.2 Å². The second kappa shape index (κ2) is 7.13. The molecule has 8 heteroatoms. The van der Waals surface area contributed by atoms with E-state index >= 15 is 0 Å². The maximum Gasteiger partial charge on any atom is 0.104 e. The Kier molecular flexibility index (Phi) is 5.78. The van der Waals surface area contributed by atoms with Crippen molar-refractivity contribution in [2.45, 2.75) is 44.2 Å². The lowest BCUT2D eigenvalue weighted by atomic mass is 10.0. The van der Waals surface area contributed by atoms with E-state index in [1.54, 1.807) is 0 Å². The average molecular weight is 246 g/mol. The van der Waals surface area contributed by atoms with E-state index in [-0.39, 0.29) is 12.1 Å². The minimum atomic E-state index is -0.322. The van der Waals surface area contributed by atoms with Gasteiger partial charge in [-0.1, -0.05) is 19.3 Å². The molecule has 98 valence electrons. The third-order valence-electron chi connectivity index (χ3n) is 3.05. The normalized spacial score (nSPS) is 24.8. The fourth-order valence-electron chi connectivity index (χ4n) is 2.24. The molecule has 0 aromatic carbocycles. The van der Waals surface area contributed by atoms with Gasteiger partial charge in [-0.2, -0.15) is 0 Å². The molecule has 1 aliphatic carbocycles. The molecular weight excluding hydrogens is 228 g/mol. The van der Waals surface area contributed by atoms with Crippen LogP contribution in [0, 0.1) is 9.81 Å². The van der Waals surface area contributed by atoms with E-state index in [1.807, 2.05) is 0 Å². The molecule has 0 radical (unpaired) electrons. The summed E-state index contributed by atoms with van der Waals surface area (Å²) in [5, 5.41) is 7.58.